The van der Waals surface area contributed by atoms with Gasteiger partial charge in [-0.05, 0) is 18.2 Å². The van der Waals surface area contributed by atoms with E-state index in [2.05, 4.69) is 5.32 Å². The maximum atomic E-state index is 12.9. The summed E-state index contributed by atoms with van der Waals surface area (Å²) in [5.41, 5.74) is 12.9. The van der Waals surface area contributed by atoms with Crippen LogP contribution in [-0.2, 0) is 7.05 Å². The number of hydrogen-bond acceptors (Lipinski definition) is 5. The summed E-state index contributed by atoms with van der Waals surface area (Å²) in [6.07, 6.45) is 8.04. The molecule has 0 aromatic carbocycles. The van der Waals surface area contributed by atoms with E-state index in [4.69, 9.17) is 16.9 Å². The van der Waals surface area contributed by atoms with E-state index < -0.39 is 0 Å². The predicted octanol–water partition coefficient (Wildman–Crippen LogP) is 2.64. The van der Waals surface area contributed by atoms with E-state index in [-0.39, 0.29) is 55.0 Å². The lowest BCUT2D eigenvalue weighted by atomic mass is 10.3. The molecule has 14 heteroatoms. The Balaban J connectivity index is 0.00000306. The molecular formula is C21H29Cl2N9O3. The van der Waals surface area contributed by atoms with Crippen molar-refractivity contribution in [3.8, 4) is 0 Å². The molecule has 0 unspecified atom stereocenters. The number of nitrogen functional groups attached to an aromatic ring is 1. The summed E-state index contributed by atoms with van der Waals surface area (Å²) in [5, 5.41) is 10.0. The van der Waals surface area contributed by atoms with Gasteiger partial charge in [0.1, 0.15) is 5.69 Å². The molecule has 3 aromatic heterocycles. The first-order valence-electron chi connectivity index (χ1n) is 10.0. The second-order valence-corrected chi connectivity index (χ2v) is 7.63. The fourth-order valence-corrected chi connectivity index (χ4v) is 3.17. The molecule has 0 atom stereocenters. The summed E-state index contributed by atoms with van der Waals surface area (Å²) in [4.78, 5) is 40.6. The van der Waals surface area contributed by atoms with Gasteiger partial charge in [0.2, 0.25) is 0 Å². The first-order chi connectivity index (χ1) is 15.6. The van der Waals surface area contributed by atoms with Crippen LogP contribution in [0.3, 0.4) is 0 Å². The van der Waals surface area contributed by atoms with Crippen molar-refractivity contribution in [3.05, 3.63) is 54.9 Å². The summed E-state index contributed by atoms with van der Waals surface area (Å²) in [6, 6.07) is 4.12. The number of amides is 3. The van der Waals surface area contributed by atoms with E-state index in [0.717, 1.165) is 0 Å². The number of aryl methyl sites for hydroxylation is 1. The van der Waals surface area contributed by atoms with Gasteiger partial charge in [-0.1, -0.05) is 0 Å². The topological polar surface area (TPSA) is 160 Å². The fraction of sp³-hybridized carbons (Fsp3) is 0.238. The monoisotopic (exact) mass is 525 g/mol. The quantitative estimate of drug-likeness (QED) is 0.287. The fourth-order valence-electron chi connectivity index (χ4n) is 3.17. The molecule has 3 heterocycles. The van der Waals surface area contributed by atoms with Gasteiger partial charge in [0.05, 0.1) is 22.9 Å². The third kappa shape index (κ3) is 6.80. The van der Waals surface area contributed by atoms with Gasteiger partial charge in [-0.3, -0.25) is 24.2 Å². The lowest BCUT2D eigenvalue weighted by molar-refractivity contribution is 0.101. The number of aromatic nitrogens is 3. The van der Waals surface area contributed by atoms with Crippen molar-refractivity contribution in [3.63, 3.8) is 0 Å². The van der Waals surface area contributed by atoms with Crippen molar-refractivity contribution in [1.82, 2.24) is 18.6 Å². The number of rotatable bonds is 6. The van der Waals surface area contributed by atoms with Crippen molar-refractivity contribution < 1.29 is 14.4 Å². The minimum atomic E-state index is -0.381. The van der Waals surface area contributed by atoms with Crippen LogP contribution in [0.25, 0.3) is 0 Å². The van der Waals surface area contributed by atoms with Gasteiger partial charge < -0.3 is 26.3 Å². The Morgan fingerprint density at radius 2 is 1.66 bits per heavy atom. The number of nitrogens with zero attached hydrogens (tertiary/aromatic N) is 5. The Morgan fingerprint density at radius 1 is 1.03 bits per heavy atom. The third-order valence-corrected chi connectivity index (χ3v) is 5.05. The van der Waals surface area contributed by atoms with Crippen LogP contribution < -0.4 is 21.7 Å². The normalized spacial score (nSPS) is 10.0. The molecule has 6 N–H and O–H groups in total. The number of halogens is 2. The number of anilines is 3. The number of hydrogen-bond donors (Lipinski definition) is 4. The lowest BCUT2D eigenvalue weighted by Gasteiger charge is -2.18. The highest BCUT2D eigenvalue weighted by atomic mass is 35.5. The average molecular weight is 526 g/mol. The Bertz CT molecular complexity index is 1210. The molecule has 0 spiro atoms. The Hall–Kier alpha value is -3.90. The highest BCUT2D eigenvalue weighted by molar-refractivity contribution is 6.04. The van der Waals surface area contributed by atoms with Gasteiger partial charge in [0.25, 0.3) is 5.91 Å². The van der Waals surface area contributed by atoms with Crippen LogP contribution in [0.5, 0.6) is 0 Å². The Kier molecular flexibility index (Phi) is 9.98. The largest absolute Gasteiger partial charge is 0.397 e. The molecule has 0 aliphatic carbocycles. The molecule has 190 valence electrons. The number of carbonyl (C=O) groups excluding carboxylic acids is 3. The van der Waals surface area contributed by atoms with Gasteiger partial charge in [-0.15, -0.1) is 24.8 Å². The predicted molar refractivity (Wildman–Crippen MR) is 140 cm³/mol. The van der Waals surface area contributed by atoms with E-state index in [0.29, 0.717) is 29.3 Å². The minimum Gasteiger partial charge on any atom is -0.397 e. The van der Waals surface area contributed by atoms with Gasteiger partial charge in [-0.25, -0.2) is 9.59 Å². The number of amidine groups is 1. The van der Waals surface area contributed by atoms with Crippen LogP contribution >= 0.6 is 24.8 Å². The summed E-state index contributed by atoms with van der Waals surface area (Å²) >= 11 is 0. The molecule has 3 aromatic rings. The van der Waals surface area contributed by atoms with Crippen LogP contribution in [-0.4, -0.2) is 63.0 Å². The Labute approximate surface area is 214 Å². The number of carbonyl (C=O) groups is 3. The van der Waals surface area contributed by atoms with E-state index in [1.165, 1.54) is 37.5 Å². The summed E-state index contributed by atoms with van der Waals surface area (Å²) in [6.45, 7) is 0.309. The SMILES string of the molecule is CN(CCC(=N)N)C(=O)n1ccc(N(C)C(=O)n2ccc(NC(=O)c3cc(N)cn3C)c2)c1.Cl.Cl. The zero-order chi connectivity index (χ0) is 24.3. The van der Waals surface area contributed by atoms with Crippen LogP contribution in [0, 0.1) is 5.41 Å². The standard InChI is InChI=1S/C21H27N9O3.2ClH/c1-26(7-6-18(23)24)20(32)30-9-5-16(13-30)28(3)21(33)29-8-4-15(12-29)25-19(31)17-10-14(22)11-27(17)2;;/h4-5,8-13H,6-7,22H2,1-3H3,(H3,23,24)(H,25,31);2*1H. The van der Waals surface area contributed by atoms with E-state index >= 15 is 0 Å². The van der Waals surface area contributed by atoms with Crippen molar-refractivity contribution >= 4 is 65.7 Å². The van der Waals surface area contributed by atoms with Crippen LogP contribution in [0.1, 0.15) is 16.9 Å². The first kappa shape index (κ1) is 29.1. The van der Waals surface area contributed by atoms with Crippen LogP contribution in [0.2, 0.25) is 0 Å². The molecule has 35 heavy (non-hydrogen) atoms. The Morgan fingerprint density at radius 3 is 2.26 bits per heavy atom. The maximum Gasteiger partial charge on any atom is 0.332 e. The number of nitrogens with one attached hydrogen (secondary N) is 2. The van der Waals surface area contributed by atoms with Crippen LogP contribution in [0.4, 0.5) is 26.7 Å². The summed E-state index contributed by atoms with van der Waals surface area (Å²) < 4.78 is 4.29. The summed E-state index contributed by atoms with van der Waals surface area (Å²) in [5.74, 6) is -0.347. The van der Waals surface area contributed by atoms with E-state index in [9.17, 15) is 14.4 Å². The molecule has 3 amide bonds. The van der Waals surface area contributed by atoms with Crippen molar-refractivity contribution in [2.45, 2.75) is 6.42 Å². The van der Waals surface area contributed by atoms with Gasteiger partial charge >= 0.3 is 12.1 Å². The molecule has 0 aliphatic rings. The lowest BCUT2D eigenvalue weighted by Crippen LogP contribution is -2.33. The zero-order valence-electron chi connectivity index (χ0n) is 19.5. The minimum absolute atomic E-state index is 0. The molecule has 0 fully saturated rings. The molecular weight excluding hydrogens is 497 g/mol. The molecule has 0 saturated carbocycles. The molecule has 12 nitrogen and oxygen atoms in total. The van der Waals surface area contributed by atoms with Gasteiger partial charge in [-0.2, -0.15) is 0 Å². The molecule has 0 saturated heterocycles. The van der Waals surface area contributed by atoms with Gasteiger partial charge in [0.15, 0.2) is 0 Å². The molecule has 3 rings (SSSR count). The highest BCUT2D eigenvalue weighted by Crippen LogP contribution is 2.18. The van der Waals surface area contributed by atoms with Crippen LogP contribution in [0.15, 0.2) is 49.2 Å². The second-order valence-electron chi connectivity index (χ2n) is 7.63. The number of nitrogens with two attached hydrogens (primary N) is 2. The summed E-state index contributed by atoms with van der Waals surface area (Å²) in [7, 11) is 4.91. The average Bonchev–Trinajstić information content (AvgIpc) is 3.50. The zero-order valence-corrected chi connectivity index (χ0v) is 21.1. The second kappa shape index (κ2) is 12.0. The molecule has 0 radical (unpaired) electrons. The first-order valence-corrected chi connectivity index (χ1v) is 10.0. The van der Waals surface area contributed by atoms with Crippen molar-refractivity contribution in [2.75, 3.05) is 36.6 Å². The van der Waals surface area contributed by atoms with E-state index in [1.54, 1.807) is 56.3 Å². The van der Waals surface area contributed by atoms with Crippen molar-refractivity contribution in [1.29, 1.82) is 5.41 Å². The third-order valence-electron chi connectivity index (χ3n) is 5.05. The smallest absolute Gasteiger partial charge is 0.332 e. The highest BCUT2D eigenvalue weighted by Gasteiger charge is 2.18. The van der Waals surface area contributed by atoms with Gasteiger partial charge in [0, 0.05) is 65.1 Å². The molecule has 0 bridgehead atoms. The van der Waals surface area contributed by atoms with Crippen molar-refractivity contribution in [2.24, 2.45) is 12.8 Å². The maximum absolute atomic E-state index is 12.9. The van der Waals surface area contributed by atoms with E-state index in [1.807, 2.05) is 0 Å². The molecule has 0 aliphatic heterocycles.